The monoisotopic (exact) mass is 508 g/mol. The fourth-order valence-corrected chi connectivity index (χ4v) is 4.16. The number of nitrogens with one attached hydrogen (secondary N) is 2. The second-order valence-electron chi connectivity index (χ2n) is 9.48. The maximum atomic E-state index is 13.1. The molecule has 0 fully saturated rings. The zero-order valence-electron chi connectivity index (χ0n) is 21.6. The van der Waals surface area contributed by atoms with Gasteiger partial charge in [0, 0.05) is 5.38 Å². The van der Waals surface area contributed by atoms with Gasteiger partial charge in [0.2, 0.25) is 5.89 Å². The third-order valence-corrected chi connectivity index (χ3v) is 6.52. The van der Waals surface area contributed by atoms with Crippen molar-refractivity contribution in [2.75, 3.05) is 7.11 Å². The van der Waals surface area contributed by atoms with Gasteiger partial charge in [0.1, 0.15) is 28.6 Å². The number of amides is 2. The molecule has 0 aliphatic rings. The largest absolute Gasteiger partial charge is 0.464 e. The lowest BCUT2D eigenvalue weighted by atomic mass is 9.99. The lowest BCUT2D eigenvalue weighted by molar-refractivity contribution is 0.0485. The molecule has 2 amide bonds. The van der Waals surface area contributed by atoms with Gasteiger partial charge in [0.15, 0.2) is 5.69 Å². The molecule has 0 saturated heterocycles. The molecule has 11 heteroatoms. The smallest absolute Gasteiger partial charge is 0.408 e. The summed E-state index contributed by atoms with van der Waals surface area (Å²) in [7, 11) is 1.26. The van der Waals surface area contributed by atoms with Crippen LogP contribution in [0.3, 0.4) is 0 Å². The average Bonchev–Trinajstić information content (AvgIpc) is 3.48. The van der Waals surface area contributed by atoms with Crippen molar-refractivity contribution in [2.24, 2.45) is 11.8 Å². The molecule has 194 valence electrons. The predicted molar refractivity (Wildman–Crippen MR) is 131 cm³/mol. The van der Waals surface area contributed by atoms with E-state index >= 15 is 0 Å². The lowest BCUT2D eigenvalue weighted by Gasteiger charge is -2.25. The molecule has 2 heterocycles. The van der Waals surface area contributed by atoms with Gasteiger partial charge in [-0.25, -0.2) is 19.6 Å². The van der Waals surface area contributed by atoms with Gasteiger partial charge in [-0.2, -0.15) is 0 Å². The molecule has 0 aliphatic carbocycles. The van der Waals surface area contributed by atoms with E-state index in [1.807, 2.05) is 27.7 Å². The van der Waals surface area contributed by atoms with E-state index in [0.717, 1.165) is 12.8 Å². The standard InChI is InChI=1S/C24H36N4O6S/c1-9-13(3)17(20-25-15(11-33-20)22(30)32-8)27-19(29)16-12-35-21(26-16)18(14(4)10-2)28-23(31)34-24(5,6)7/h11-14,17-18H,9-10H2,1-8H3,(H,27,29)(H,28,31)/t13-,14-,17-,18-/m0/s1. The summed E-state index contributed by atoms with van der Waals surface area (Å²) in [5, 5.41) is 8.08. The predicted octanol–water partition coefficient (Wildman–Crippen LogP) is 5.05. The number of esters is 1. The van der Waals surface area contributed by atoms with E-state index in [9.17, 15) is 14.4 Å². The van der Waals surface area contributed by atoms with E-state index in [-0.39, 0.29) is 29.1 Å². The zero-order valence-corrected chi connectivity index (χ0v) is 22.4. The van der Waals surface area contributed by atoms with Gasteiger partial charge in [-0.05, 0) is 32.6 Å². The maximum absolute atomic E-state index is 13.1. The second kappa shape index (κ2) is 12.1. The number of thiazole rings is 1. The summed E-state index contributed by atoms with van der Waals surface area (Å²) < 4.78 is 15.6. The van der Waals surface area contributed by atoms with E-state index in [1.54, 1.807) is 26.2 Å². The van der Waals surface area contributed by atoms with Crippen molar-refractivity contribution in [3.05, 3.63) is 33.9 Å². The number of hydrogen-bond donors (Lipinski definition) is 2. The highest BCUT2D eigenvalue weighted by Gasteiger charge is 2.30. The maximum Gasteiger partial charge on any atom is 0.408 e. The fourth-order valence-electron chi connectivity index (χ4n) is 3.18. The van der Waals surface area contributed by atoms with Crippen LogP contribution in [0.5, 0.6) is 0 Å². The normalized spacial score (nSPS) is 15.0. The molecule has 0 aliphatic heterocycles. The molecule has 10 nitrogen and oxygen atoms in total. The fraction of sp³-hybridized carbons (Fsp3) is 0.625. The second-order valence-corrected chi connectivity index (χ2v) is 10.4. The Kier molecular flexibility index (Phi) is 9.82. The Morgan fingerprint density at radius 3 is 2.23 bits per heavy atom. The Morgan fingerprint density at radius 1 is 1.03 bits per heavy atom. The summed E-state index contributed by atoms with van der Waals surface area (Å²) in [5.74, 6) is -0.764. The van der Waals surface area contributed by atoms with Crippen LogP contribution in [-0.2, 0) is 9.47 Å². The molecule has 0 spiro atoms. The minimum absolute atomic E-state index is 0.0251. The van der Waals surface area contributed by atoms with E-state index in [2.05, 4.69) is 25.3 Å². The number of aromatic nitrogens is 2. The number of carbonyl (C=O) groups is 3. The van der Waals surface area contributed by atoms with E-state index in [1.165, 1.54) is 24.7 Å². The van der Waals surface area contributed by atoms with Gasteiger partial charge in [0.05, 0.1) is 13.2 Å². The molecule has 35 heavy (non-hydrogen) atoms. The molecule has 2 N–H and O–H groups in total. The van der Waals surface area contributed by atoms with Crippen LogP contribution >= 0.6 is 11.3 Å². The number of alkyl carbamates (subject to hydrolysis) is 1. The molecule has 0 saturated carbocycles. The minimum Gasteiger partial charge on any atom is -0.464 e. The highest BCUT2D eigenvalue weighted by atomic mass is 32.1. The number of rotatable bonds is 10. The Labute approximate surface area is 210 Å². The number of ether oxygens (including phenoxy) is 2. The third kappa shape index (κ3) is 7.78. The Balaban J connectivity index is 2.23. The average molecular weight is 509 g/mol. The number of carbonyl (C=O) groups excluding carboxylic acids is 3. The topological polar surface area (TPSA) is 133 Å². The van der Waals surface area contributed by atoms with Gasteiger partial charge < -0.3 is 24.5 Å². The van der Waals surface area contributed by atoms with Crippen LogP contribution in [0, 0.1) is 11.8 Å². The van der Waals surface area contributed by atoms with Crippen LogP contribution in [0.1, 0.15) is 105 Å². The van der Waals surface area contributed by atoms with Crippen LogP contribution in [0.4, 0.5) is 4.79 Å². The molecule has 0 radical (unpaired) electrons. The molecule has 2 aromatic heterocycles. The van der Waals surface area contributed by atoms with Crippen LogP contribution in [0.2, 0.25) is 0 Å². The van der Waals surface area contributed by atoms with E-state index in [4.69, 9.17) is 9.15 Å². The van der Waals surface area contributed by atoms with Gasteiger partial charge in [0.25, 0.3) is 5.91 Å². The molecule has 2 aromatic rings. The first-order chi connectivity index (χ1) is 16.4. The third-order valence-electron chi connectivity index (χ3n) is 5.59. The highest BCUT2D eigenvalue weighted by molar-refractivity contribution is 7.09. The van der Waals surface area contributed by atoms with Crippen LogP contribution in [0.15, 0.2) is 16.1 Å². The van der Waals surface area contributed by atoms with Crippen molar-refractivity contribution < 1.29 is 28.3 Å². The number of oxazole rings is 1. The first kappa shape index (κ1) is 28.3. The lowest BCUT2D eigenvalue weighted by Crippen LogP contribution is -2.37. The first-order valence-electron chi connectivity index (χ1n) is 11.7. The number of nitrogens with zero attached hydrogens (tertiary/aromatic N) is 2. The van der Waals surface area contributed by atoms with Crippen LogP contribution < -0.4 is 10.6 Å². The van der Waals surface area contributed by atoms with Crippen molar-refractivity contribution in [3.8, 4) is 0 Å². The Morgan fingerprint density at radius 2 is 1.66 bits per heavy atom. The van der Waals surface area contributed by atoms with E-state index < -0.39 is 35.7 Å². The molecule has 0 aromatic carbocycles. The van der Waals surface area contributed by atoms with Gasteiger partial charge in [-0.1, -0.05) is 40.5 Å². The first-order valence-corrected chi connectivity index (χ1v) is 12.6. The van der Waals surface area contributed by atoms with Crippen molar-refractivity contribution in [1.29, 1.82) is 0 Å². The Bertz CT molecular complexity index is 1010. The van der Waals surface area contributed by atoms with E-state index in [0.29, 0.717) is 5.01 Å². The molecule has 0 bridgehead atoms. The quantitative estimate of drug-likeness (QED) is 0.426. The molecular weight excluding hydrogens is 472 g/mol. The molecule has 2 rings (SSSR count). The van der Waals surface area contributed by atoms with Gasteiger partial charge in [-0.3, -0.25) is 4.79 Å². The SMILES string of the molecule is CC[C@H](C)[C@H](NC(=O)c1csc([C@@H](NC(=O)OC(C)(C)C)[C@@H](C)CC)n1)c1nc(C(=O)OC)co1. The molecule has 4 atom stereocenters. The minimum atomic E-state index is -0.628. The van der Waals surface area contributed by atoms with Crippen LogP contribution in [0.25, 0.3) is 0 Å². The summed E-state index contributed by atoms with van der Waals surface area (Å²) in [6.45, 7) is 13.3. The summed E-state index contributed by atoms with van der Waals surface area (Å²) in [5.41, 5.74) is -0.376. The summed E-state index contributed by atoms with van der Waals surface area (Å²) >= 11 is 1.30. The molecule has 0 unspecified atom stereocenters. The zero-order chi connectivity index (χ0) is 26.3. The molecular formula is C24H36N4O6S. The van der Waals surface area contributed by atoms with Crippen LogP contribution in [-0.4, -0.2) is 40.6 Å². The van der Waals surface area contributed by atoms with Crippen molar-refractivity contribution in [2.45, 2.75) is 79.0 Å². The number of hydrogen-bond acceptors (Lipinski definition) is 9. The Hall–Kier alpha value is -2.95. The highest BCUT2D eigenvalue weighted by Crippen LogP contribution is 2.29. The van der Waals surface area contributed by atoms with Crippen molar-refractivity contribution >= 4 is 29.3 Å². The summed E-state index contributed by atoms with van der Waals surface area (Å²) in [6.07, 6.45) is 2.21. The summed E-state index contributed by atoms with van der Waals surface area (Å²) in [4.78, 5) is 46.0. The van der Waals surface area contributed by atoms with Gasteiger partial charge in [-0.15, -0.1) is 11.3 Å². The summed E-state index contributed by atoms with van der Waals surface area (Å²) in [6, 6.07) is -0.970. The number of methoxy groups -OCH3 is 1. The van der Waals surface area contributed by atoms with Gasteiger partial charge >= 0.3 is 12.1 Å². The van der Waals surface area contributed by atoms with Crippen molar-refractivity contribution in [1.82, 2.24) is 20.6 Å². The van der Waals surface area contributed by atoms with Crippen molar-refractivity contribution in [3.63, 3.8) is 0 Å².